The Labute approximate surface area is 436 Å². The van der Waals surface area contributed by atoms with Crippen LogP contribution in [0.4, 0.5) is 0 Å². The number of carbonyl (C=O) groups excluding carboxylic acids is 3. The fraction of sp³-hybridized carbons (Fsp3) is 0.906. The van der Waals surface area contributed by atoms with Crippen molar-refractivity contribution in [3.8, 4) is 0 Å². The molecule has 0 aliphatic rings. The Morgan fingerprint density at radius 2 is 0.789 bits per heavy atom. The van der Waals surface area contributed by atoms with Crippen LogP contribution in [0.3, 0.4) is 0 Å². The van der Waals surface area contributed by atoms with Gasteiger partial charge in [-0.1, -0.05) is 53.5 Å². The summed E-state index contributed by atoms with van der Waals surface area (Å²) < 4.78 is 24.7. The highest BCUT2D eigenvalue weighted by molar-refractivity contribution is 5.81. The molecule has 0 saturated carbocycles. The summed E-state index contributed by atoms with van der Waals surface area (Å²) in [7, 11) is 2.72. The van der Waals surface area contributed by atoms with Crippen molar-refractivity contribution in [1.29, 1.82) is 0 Å². The number of nitrogens with one attached hydrogen (secondary N) is 3. The first-order valence-corrected chi connectivity index (χ1v) is 27.2. The van der Waals surface area contributed by atoms with Gasteiger partial charge in [0.1, 0.15) is 5.78 Å². The smallest absolute Gasteiger partial charge is 0.329 e. The summed E-state index contributed by atoms with van der Waals surface area (Å²) >= 11 is 0. The molecular formula is C53H120N10O8. The number of rotatable bonds is 43. The Balaban J connectivity index is -0.000000200. The molecule has 0 heterocycles. The molecule has 0 aromatic rings. The van der Waals surface area contributed by atoms with E-state index >= 15 is 0 Å². The van der Waals surface area contributed by atoms with Crippen LogP contribution in [0.2, 0.25) is 0 Å². The molecule has 0 aromatic heterocycles. The molecule has 0 rings (SSSR count). The van der Waals surface area contributed by atoms with Gasteiger partial charge in [-0.05, 0) is 156 Å². The molecule has 0 spiro atoms. The first kappa shape index (κ1) is 80.2. The maximum Gasteiger partial charge on any atom is 0.329 e. The largest absolute Gasteiger partial charge is 0.469 e. The molecule has 6 atom stereocenters. The van der Waals surface area contributed by atoms with E-state index in [1.54, 1.807) is 0 Å². The average molecular weight is 1030 g/mol. The fourth-order valence-electron chi connectivity index (χ4n) is 5.78. The van der Waals surface area contributed by atoms with E-state index in [0.717, 1.165) is 110 Å². The topological polar surface area (TPSA) is 316 Å². The monoisotopic (exact) mass is 1020 g/mol. The van der Waals surface area contributed by atoms with E-state index in [-0.39, 0.29) is 30.1 Å². The highest BCUT2D eigenvalue weighted by Gasteiger charge is 2.08. The second-order valence-corrected chi connectivity index (χ2v) is 18.3. The zero-order valence-electron chi connectivity index (χ0n) is 47.7. The Morgan fingerprint density at radius 3 is 1.11 bits per heavy atom. The third-order valence-corrected chi connectivity index (χ3v) is 9.61. The summed E-state index contributed by atoms with van der Waals surface area (Å²) in [5.41, 5.74) is 38.2. The van der Waals surface area contributed by atoms with Gasteiger partial charge in [0, 0.05) is 75.8 Å². The molecule has 0 radical (unpaired) electrons. The van der Waals surface area contributed by atoms with Gasteiger partial charge in [-0.25, -0.2) is 4.79 Å². The van der Waals surface area contributed by atoms with Gasteiger partial charge in [0.05, 0.1) is 40.6 Å². The van der Waals surface area contributed by atoms with Crippen LogP contribution in [-0.2, 0) is 38.1 Å². The van der Waals surface area contributed by atoms with Crippen molar-refractivity contribution in [3.05, 3.63) is 12.7 Å². The SMILES string of the molecule is C=CC(=O)OC.CC.CC(N)COCC(C)CCCC(=O)CCCNCCCCCNCCN.CC(N)COCC(C)N.COC(=O)CCCC(C)COCC(C)N.NCCCCCNCCCCCN. The number of nitrogens with two attached hydrogens (primary N) is 7. The van der Waals surface area contributed by atoms with Crippen LogP contribution in [0, 0.1) is 11.8 Å². The lowest BCUT2D eigenvalue weighted by molar-refractivity contribution is -0.140. The molecule has 71 heavy (non-hydrogen) atoms. The molecular weight excluding hydrogens is 905 g/mol. The van der Waals surface area contributed by atoms with Gasteiger partial charge in [0.25, 0.3) is 0 Å². The lowest BCUT2D eigenvalue weighted by atomic mass is 10.0. The standard InChI is InChI=1S/C20H44N4O2.C11H23NO3.C10H25N3.C6H16N2O.C4H6O2.C2H6/c1-18(16-26-17-19(2)22)8-6-9-20(25)10-7-14-23-12-4-3-5-13-24-15-11-21;1-9(7-15-8-10(2)12)5-4-6-11(13)14-3;11-7-3-1-5-9-13-10-6-2-4-8-12;1-5(7)3-9-4-6(2)8;1-3-4(5)6-2;1-2/h18-19,23-24H,3-17,21-22H2,1-2H3;9-10H,4-8,12H2,1-3H3;13H,1-12H2;5-6H,3-4,7-8H2,1-2H3;3H,1H2,2H3;1-2H3. The van der Waals surface area contributed by atoms with Gasteiger partial charge in [0.15, 0.2) is 0 Å². The van der Waals surface area contributed by atoms with Gasteiger partial charge in [0.2, 0.25) is 0 Å². The first-order chi connectivity index (χ1) is 34.0. The molecule has 0 amide bonds. The molecule has 0 aliphatic heterocycles. The van der Waals surface area contributed by atoms with E-state index in [1.807, 2.05) is 41.5 Å². The van der Waals surface area contributed by atoms with Crippen LogP contribution < -0.4 is 56.1 Å². The van der Waals surface area contributed by atoms with Gasteiger partial charge < -0.3 is 79.8 Å². The van der Waals surface area contributed by atoms with E-state index in [1.165, 1.54) is 59.2 Å². The zero-order chi connectivity index (χ0) is 55.2. The molecule has 0 aliphatic carbocycles. The van der Waals surface area contributed by atoms with E-state index < -0.39 is 5.97 Å². The molecule has 17 N–H and O–H groups in total. The van der Waals surface area contributed by atoms with E-state index in [9.17, 15) is 14.4 Å². The lowest BCUT2D eigenvalue weighted by Crippen LogP contribution is -2.27. The second kappa shape index (κ2) is 69.9. The number of Topliss-reactive ketones (excluding diaryl/α,β-unsaturated/α-hetero) is 1. The van der Waals surface area contributed by atoms with Crippen molar-refractivity contribution in [2.75, 3.05) is 113 Å². The Bertz CT molecular complexity index is 1030. The Hall–Kier alpha value is -2.17. The molecule has 18 nitrogen and oxygen atoms in total. The normalized spacial score (nSPS) is 12.9. The number of esters is 2. The summed E-state index contributed by atoms with van der Waals surface area (Å²) in [6.45, 7) is 31.6. The predicted molar refractivity (Wildman–Crippen MR) is 300 cm³/mol. The van der Waals surface area contributed by atoms with Crippen molar-refractivity contribution >= 4 is 17.7 Å². The number of ether oxygens (including phenoxy) is 5. The molecule has 6 unspecified atom stereocenters. The number of methoxy groups -OCH3 is 2. The van der Waals surface area contributed by atoms with Crippen molar-refractivity contribution in [2.45, 2.75) is 189 Å². The van der Waals surface area contributed by atoms with Crippen molar-refractivity contribution in [2.24, 2.45) is 52.0 Å². The van der Waals surface area contributed by atoms with Crippen molar-refractivity contribution < 1.29 is 38.1 Å². The van der Waals surface area contributed by atoms with Gasteiger partial charge in [-0.3, -0.25) is 9.59 Å². The maximum atomic E-state index is 11.9. The van der Waals surface area contributed by atoms with Crippen LogP contribution in [0.1, 0.15) is 165 Å². The number of unbranched alkanes of at least 4 members (excludes halogenated alkanes) is 6. The average Bonchev–Trinajstić information content (AvgIpc) is 3.33. The van der Waals surface area contributed by atoms with Crippen LogP contribution in [0.15, 0.2) is 12.7 Å². The Kier molecular flexibility index (Phi) is 79.0. The first-order valence-electron chi connectivity index (χ1n) is 27.2. The quantitative estimate of drug-likeness (QED) is 0.0217. The molecule has 430 valence electrons. The van der Waals surface area contributed by atoms with E-state index in [2.05, 4.69) is 45.9 Å². The van der Waals surface area contributed by atoms with E-state index in [0.29, 0.717) is 76.5 Å². The minimum absolute atomic E-state index is 0.0901. The molecule has 0 saturated heterocycles. The maximum absolute atomic E-state index is 11.9. The number of ketones is 1. The number of hydrogen-bond donors (Lipinski definition) is 10. The van der Waals surface area contributed by atoms with Crippen LogP contribution in [0.5, 0.6) is 0 Å². The van der Waals surface area contributed by atoms with Gasteiger partial charge in [-0.15, -0.1) is 0 Å². The van der Waals surface area contributed by atoms with Crippen LogP contribution >= 0.6 is 0 Å². The summed E-state index contributed by atoms with van der Waals surface area (Å²) in [4.78, 5) is 32.6. The zero-order valence-corrected chi connectivity index (χ0v) is 47.7. The summed E-state index contributed by atoms with van der Waals surface area (Å²) in [5.74, 6) is 0.817. The van der Waals surface area contributed by atoms with Crippen molar-refractivity contribution in [1.82, 2.24) is 16.0 Å². The molecule has 18 heteroatoms. The summed E-state index contributed by atoms with van der Waals surface area (Å²) in [5, 5.41) is 10.2. The van der Waals surface area contributed by atoms with Gasteiger partial charge >= 0.3 is 11.9 Å². The highest BCUT2D eigenvalue weighted by Crippen LogP contribution is 2.11. The third-order valence-electron chi connectivity index (χ3n) is 9.61. The third kappa shape index (κ3) is 91.0. The number of carbonyl (C=O) groups is 3. The molecule has 0 bridgehead atoms. The lowest BCUT2D eigenvalue weighted by Gasteiger charge is -2.13. The minimum Gasteiger partial charge on any atom is -0.469 e. The highest BCUT2D eigenvalue weighted by atomic mass is 16.5. The van der Waals surface area contributed by atoms with E-state index in [4.69, 9.17) is 54.3 Å². The summed E-state index contributed by atoms with van der Waals surface area (Å²) in [6, 6.07) is 0.412. The minimum atomic E-state index is -0.394. The molecule has 0 fully saturated rings. The van der Waals surface area contributed by atoms with Gasteiger partial charge in [-0.2, -0.15) is 0 Å². The fourth-order valence-corrected chi connectivity index (χ4v) is 5.78. The summed E-state index contributed by atoms with van der Waals surface area (Å²) in [6.07, 6.45) is 18.8. The second-order valence-electron chi connectivity index (χ2n) is 18.3. The Morgan fingerprint density at radius 1 is 0.451 bits per heavy atom. The van der Waals surface area contributed by atoms with Crippen LogP contribution in [0.25, 0.3) is 0 Å². The predicted octanol–water partition coefficient (Wildman–Crippen LogP) is 5.05. The van der Waals surface area contributed by atoms with Crippen LogP contribution in [-0.4, -0.2) is 155 Å². The van der Waals surface area contributed by atoms with Crippen molar-refractivity contribution in [3.63, 3.8) is 0 Å². The number of hydrogen-bond acceptors (Lipinski definition) is 18. The molecule has 0 aromatic carbocycles.